The van der Waals surface area contributed by atoms with E-state index in [0.717, 1.165) is 23.4 Å². The van der Waals surface area contributed by atoms with Crippen molar-refractivity contribution in [3.8, 4) is 23.7 Å². The zero-order valence-electron chi connectivity index (χ0n) is 9.37. The van der Waals surface area contributed by atoms with Gasteiger partial charge >= 0.3 is 0 Å². The fraction of sp³-hybridized carbons (Fsp3) is 0.250. The van der Waals surface area contributed by atoms with Crippen LogP contribution in [0.1, 0.15) is 5.56 Å². The summed E-state index contributed by atoms with van der Waals surface area (Å²) in [6.07, 6.45) is 12.9. The highest BCUT2D eigenvalue weighted by atomic mass is 15.3. The summed E-state index contributed by atoms with van der Waals surface area (Å²) in [5.74, 6) is 2.55. The monoisotopic (exact) mass is 227 g/mol. The largest absolute Gasteiger partial charge is 0.330 e. The van der Waals surface area contributed by atoms with Gasteiger partial charge in [0.1, 0.15) is 17.9 Å². The molecule has 0 spiro atoms. The van der Waals surface area contributed by atoms with Crippen LogP contribution in [0.5, 0.6) is 0 Å². The molecule has 0 aliphatic heterocycles. The Morgan fingerprint density at radius 2 is 2.29 bits per heavy atom. The van der Waals surface area contributed by atoms with Gasteiger partial charge in [0.15, 0.2) is 0 Å². The Morgan fingerprint density at radius 3 is 2.94 bits per heavy atom. The standard InChI is InChI=1S/C12H13N5/c1-2-7-17-9-10(3-4-13)12(16-17)11-8-14-5-6-15-11/h1,5-6,8-9H,3-4,7,13H2. The van der Waals surface area contributed by atoms with E-state index in [-0.39, 0.29) is 0 Å². The molecule has 2 aromatic heterocycles. The van der Waals surface area contributed by atoms with E-state index in [1.54, 1.807) is 23.3 Å². The average molecular weight is 227 g/mol. The van der Waals surface area contributed by atoms with Crippen LogP contribution in [0.2, 0.25) is 0 Å². The van der Waals surface area contributed by atoms with E-state index in [4.69, 9.17) is 12.2 Å². The predicted octanol–water partition coefficient (Wildman–Crippen LogP) is 0.474. The molecule has 0 atom stereocenters. The molecule has 0 aliphatic carbocycles. The topological polar surface area (TPSA) is 69.6 Å². The molecule has 0 aromatic carbocycles. The Hall–Kier alpha value is -2.19. The number of nitrogens with two attached hydrogens (primary N) is 1. The predicted molar refractivity (Wildman–Crippen MR) is 64.8 cm³/mol. The molecule has 17 heavy (non-hydrogen) atoms. The SMILES string of the molecule is C#CCn1cc(CCN)c(-c2cnccn2)n1. The first-order chi connectivity index (χ1) is 8.35. The summed E-state index contributed by atoms with van der Waals surface area (Å²) in [7, 11) is 0. The second-order valence-corrected chi connectivity index (χ2v) is 3.53. The molecule has 0 saturated heterocycles. The third-order valence-electron chi connectivity index (χ3n) is 2.31. The van der Waals surface area contributed by atoms with Gasteiger partial charge in [-0.05, 0) is 13.0 Å². The van der Waals surface area contributed by atoms with Gasteiger partial charge in [0.05, 0.1) is 6.20 Å². The molecule has 0 bridgehead atoms. The highest BCUT2D eigenvalue weighted by Crippen LogP contribution is 2.19. The lowest BCUT2D eigenvalue weighted by molar-refractivity contribution is 0.716. The van der Waals surface area contributed by atoms with Crippen LogP contribution in [0.4, 0.5) is 0 Å². The van der Waals surface area contributed by atoms with Crippen molar-refractivity contribution in [2.24, 2.45) is 5.73 Å². The molecule has 5 nitrogen and oxygen atoms in total. The number of rotatable bonds is 4. The summed E-state index contributed by atoms with van der Waals surface area (Å²) in [5.41, 5.74) is 8.17. The minimum atomic E-state index is 0.442. The number of hydrogen-bond acceptors (Lipinski definition) is 4. The number of nitrogens with zero attached hydrogens (tertiary/aromatic N) is 4. The van der Waals surface area contributed by atoms with Gasteiger partial charge in [-0.1, -0.05) is 5.92 Å². The quantitative estimate of drug-likeness (QED) is 0.771. The zero-order chi connectivity index (χ0) is 12.1. The molecule has 0 fully saturated rings. The second kappa shape index (κ2) is 5.23. The van der Waals surface area contributed by atoms with Gasteiger partial charge in [0, 0.05) is 24.2 Å². The van der Waals surface area contributed by atoms with Crippen LogP contribution < -0.4 is 5.73 Å². The molecular formula is C12H13N5. The number of terminal acetylenes is 1. The molecule has 5 heteroatoms. The minimum absolute atomic E-state index is 0.442. The first-order valence-corrected chi connectivity index (χ1v) is 5.31. The summed E-state index contributed by atoms with van der Waals surface area (Å²) in [5, 5.41) is 4.40. The first kappa shape index (κ1) is 11.3. The van der Waals surface area contributed by atoms with E-state index in [9.17, 15) is 0 Å². The maximum atomic E-state index is 5.58. The summed E-state index contributed by atoms with van der Waals surface area (Å²) < 4.78 is 1.72. The lowest BCUT2D eigenvalue weighted by Crippen LogP contribution is -2.03. The maximum absolute atomic E-state index is 5.58. The van der Waals surface area contributed by atoms with Crippen molar-refractivity contribution in [3.05, 3.63) is 30.4 Å². The van der Waals surface area contributed by atoms with Crippen molar-refractivity contribution < 1.29 is 0 Å². The van der Waals surface area contributed by atoms with Crippen molar-refractivity contribution in [1.82, 2.24) is 19.7 Å². The average Bonchev–Trinajstić information content (AvgIpc) is 2.74. The molecule has 86 valence electrons. The third-order valence-corrected chi connectivity index (χ3v) is 2.31. The van der Waals surface area contributed by atoms with E-state index >= 15 is 0 Å². The maximum Gasteiger partial charge on any atom is 0.116 e. The highest BCUT2D eigenvalue weighted by molar-refractivity contribution is 5.57. The lowest BCUT2D eigenvalue weighted by Gasteiger charge is -1.98. The van der Waals surface area contributed by atoms with Crippen molar-refractivity contribution >= 4 is 0 Å². The Kier molecular flexibility index (Phi) is 3.48. The molecule has 0 amide bonds. The van der Waals surface area contributed by atoms with Crippen LogP contribution in [-0.2, 0) is 13.0 Å². The van der Waals surface area contributed by atoms with Gasteiger partial charge in [-0.25, -0.2) is 0 Å². The fourth-order valence-electron chi connectivity index (χ4n) is 1.61. The van der Waals surface area contributed by atoms with Crippen molar-refractivity contribution in [2.45, 2.75) is 13.0 Å². The molecule has 0 radical (unpaired) electrons. The van der Waals surface area contributed by atoms with Gasteiger partial charge in [0.2, 0.25) is 0 Å². The van der Waals surface area contributed by atoms with Crippen molar-refractivity contribution in [1.29, 1.82) is 0 Å². The van der Waals surface area contributed by atoms with Gasteiger partial charge in [-0.2, -0.15) is 5.10 Å². The third kappa shape index (κ3) is 2.49. The molecule has 2 N–H and O–H groups in total. The smallest absolute Gasteiger partial charge is 0.116 e. The van der Waals surface area contributed by atoms with Gasteiger partial charge in [-0.3, -0.25) is 14.6 Å². The highest BCUT2D eigenvalue weighted by Gasteiger charge is 2.11. The van der Waals surface area contributed by atoms with E-state index in [1.807, 2.05) is 6.20 Å². The molecule has 0 saturated carbocycles. The molecule has 2 rings (SSSR count). The first-order valence-electron chi connectivity index (χ1n) is 5.31. The summed E-state index contributed by atoms with van der Waals surface area (Å²) in [6.45, 7) is 1.01. The Bertz CT molecular complexity index is 524. The van der Waals surface area contributed by atoms with Crippen LogP contribution >= 0.6 is 0 Å². The van der Waals surface area contributed by atoms with E-state index in [2.05, 4.69) is 21.0 Å². The number of aromatic nitrogens is 4. The fourth-order valence-corrected chi connectivity index (χ4v) is 1.61. The van der Waals surface area contributed by atoms with Gasteiger partial charge in [0.25, 0.3) is 0 Å². The molecule has 0 unspecified atom stereocenters. The lowest BCUT2D eigenvalue weighted by atomic mass is 10.1. The van der Waals surface area contributed by atoms with Crippen LogP contribution in [0.25, 0.3) is 11.4 Å². The van der Waals surface area contributed by atoms with Gasteiger partial charge in [-0.15, -0.1) is 6.42 Å². The van der Waals surface area contributed by atoms with Crippen LogP contribution in [0.3, 0.4) is 0 Å². The van der Waals surface area contributed by atoms with E-state index < -0.39 is 0 Å². The number of hydrogen-bond donors (Lipinski definition) is 1. The van der Waals surface area contributed by atoms with E-state index in [1.165, 1.54) is 0 Å². The minimum Gasteiger partial charge on any atom is -0.330 e. The molecule has 0 aliphatic rings. The van der Waals surface area contributed by atoms with Gasteiger partial charge < -0.3 is 5.73 Å². The summed E-state index contributed by atoms with van der Waals surface area (Å²) >= 11 is 0. The van der Waals surface area contributed by atoms with Crippen molar-refractivity contribution in [3.63, 3.8) is 0 Å². The second-order valence-electron chi connectivity index (χ2n) is 3.53. The Morgan fingerprint density at radius 1 is 1.41 bits per heavy atom. The molecule has 2 aromatic rings. The Balaban J connectivity index is 2.41. The molecule has 2 heterocycles. The van der Waals surface area contributed by atoms with Crippen LogP contribution in [0.15, 0.2) is 24.8 Å². The summed E-state index contributed by atoms with van der Waals surface area (Å²) in [4.78, 5) is 8.27. The zero-order valence-corrected chi connectivity index (χ0v) is 9.37. The van der Waals surface area contributed by atoms with E-state index in [0.29, 0.717) is 13.1 Å². The summed E-state index contributed by atoms with van der Waals surface area (Å²) in [6, 6.07) is 0. The van der Waals surface area contributed by atoms with Crippen molar-refractivity contribution in [2.75, 3.05) is 6.54 Å². The van der Waals surface area contributed by atoms with Crippen LogP contribution in [0, 0.1) is 12.3 Å². The normalized spacial score (nSPS) is 10.1. The van der Waals surface area contributed by atoms with Crippen LogP contribution in [-0.4, -0.2) is 26.3 Å². The Labute approximate surface area is 99.7 Å². The molecular weight excluding hydrogens is 214 g/mol.